The maximum absolute atomic E-state index is 14.2. The molecule has 0 unspecified atom stereocenters. The highest BCUT2D eigenvalue weighted by atomic mass is 16.5. The number of hydrogen-bond acceptors (Lipinski definition) is 7. The van der Waals surface area contributed by atoms with Crippen LogP contribution in [0.3, 0.4) is 0 Å². The number of aromatic nitrogens is 5. The van der Waals surface area contributed by atoms with Crippen LogP contribution in [0.4, 0.5) is 11.5 Å². The first-order valence-electron chi connectivity index (χ1n) is 12.2. The van der Waals surface area contributed by atoms with Crippen LogP contribution in [0, 0.1) is 0 Å². The summed E-state index contributed by atoms with van der Waals surface area (Å²) in [5, 5.41) is 8.63. The number of imidazole rings is 1. The molecule has 1 atom stereocenters. The number of nitrogens with zero attached hydrogens (tertiary/aromatic N) is 4. The summed E-state index contributed by atoms with van der Waals surface area (Å²) in [6, 6.07) is 17.8. The van der Waals surface area contributed by atoms with Gasteiger partial charge >= 0.3 is 0 Å². The van der Waals surface area contributed by atoms with Crippen molar-refractivity contribution in [3.63, 3.8) is 0 Å². The molecule has 3 N–H and O–H groups in total. The van der Waals surface area contributed by atoms with Gasteiger partial charge in [-0.15, -0.1) is 0 Å². The standard InChI is InChI=1S/C27H27N7O2/c1-17(32-26-24-25(29-15-28-24)30-16-31-26)22-14-18-6-5-9-21(33-19-10-12-36-13-11-19)23(18)27(35)34(22)20-7-3-2-4-8-20/h2-9,14-17,19,33H,10-13H2,1H3,(H2,28,29,30,31,32)/t17-/m1/s1. The van der Waals surface area contributed by atoms with Crippen LogP contribution in [0.5, 0.6) is 0 Å². The van der Waals surface area contributed by atoms with Gasteiger partial charge in [-0.3, -0.25) is 9.36 Å². The zero-order valence-electron chi connectivity index (χ0n) is 19.9. The molecule has 0 aliphatic carbocycles. The smallest absolute Gasteiger partial charge is 0.265 e. The molecule has 2 aromatic carbocycles. The molecule has 36 heavy (non-hydrogen) atoms. The van der Waals surface area contributed by atoms with Crippen molar-refractivity contribution in [3.05, 3.63) is 83.3 Å². The van der Waals surface area contributed by atoms with E-state index < -0.39 is 0 Å². The lowest BCUT2D eigenvalue weighted by atomic mass is 10.0. The van der Waals surface area contributed by atoms with Crippen LogP contribution in [0.25, 0.3) is 27.6 Å². The first-order chi connectivity index (χ1) is 17.7. The predicted octanol–water partition coefficient (Wildman–Crippen LogP) is 4.42. The summed E-state index contributed by atoms with van der Waals surface area (Å²) in [7, 11) is 0. The normalized spacial score (nSPS) is 15.2. The van der Waals surface area contributed by atoms with E-state index in [1.54, 1.807) is 10.9 Å². The summed E-state index contributed by atoms with van der Waals surface area (Å²) < 4.78 is 7.30. The third kappa shape index (κ3) is 4.07. The van der Waals surface area contributed by atoms with Gasteiger partial charge in [0.05, 0.1) is 17.8 Å². The summed E-state index contributed by atoms with van der Waals surface area (Å²) in [6.07, 6.45) is 4.93. The minimum absolute atomic E-state index is 0.0647. The minimum Gasteiger partial charge on any atom is -0.381 e. The van der Waals surface area contributed by atoms with E-state index in [1.807, 2.05) is 55.5 Å². The second-order valence-electron chi connectivity index (χ2n) is 9.03. The molecule has 1 saturated heterocycles. The first kappa shape index (κ1) is 22.2. The monoisotopic (exact) mass is 481 g/mol. The van der Waals surface area contributed by atoms with Crippen LogP contribution in [0.2, 0.25) is 0 Å². The average Bonchev–Trinajstić information content (AvgIpc) is 3.40. The van der Waals surface area contributed by atoms with Crippen molar-refractivity contribution in [3.8, 4) is 5.69 Å². The van der Waals surface area contributed by atoms with E-state index in [2.05, 4.69) is 36.6 Å². The molecule has 0 spiro atoms. The summed E-state index contributed by atoms with van der Waals surface area (Å²) in [5.74, 6) is 0.607. The highest BCUT2D eigenvalue weighted by molar-refractivity contribution is 5.94. The molecule has 1 aliphatic heterocycles. The van der Waals surface area contributed by atoms with Crippen molar-refractivity contribution >= 4 is 33.4 Å². The Balaban J connectivity index is 1.48. The fraction of sp³-hybridized carbons (Fsp3) is 0.259. The Bertz CT molecular complexity index is 1570. The lowest BCUT2D eigenvalue weighted by molar-refractivity contribution is 0.0905. The Kier molecular flexibility index (Phi) is 5.82. The van der Waals surface area contributed by atoms with E-state index >= 15 is 0 Å². The van der Waals surface area contributed by atoms with Gasteiger partial charge in [0.2, 0.25) is 0 Å². The maximum atomic E-state index is 14.2. The van der Waals surface area contributed by atoms with E-state index in [4.69, 9.17) is 4.74 Å². The summed E-state index contributed by atoms with van der Waals surface area (Å²) >= 11 is 0. The number of H-pyrrole nitrogens is 1. The number of nitrogens with one attached hydrogen (secondary N) is 3. The number of ether oxygens (including phenoxy) is 1. The molecule has 4 heterocycles. The number of para-hydroxylation sites is 1. The van der Waals surface area contributed by atoms with Crippen LogP contribution in [-0.2, 0) is 4.74 Å². The van der Waals surface area contributed by atoms with Gasteiger partial charge in [0.25, 0.3) is 5.56 Å². The highest BCUT2D eigenvalue weighted by Gasteiger charge is 2.21. The molecule has 6 rings (SSSR count). The van der Waals surface area contributed by atoms with Crippen molar-refractivity contribution in [1.82, 2.24) is 24.5 Å². The van der Waals surface area contributed by atoms with E-state index in [0.717, 1.165) is 48.5 Å². The second kappa shape index (κ2) is 9.43. The third-order valence-electron chi connectivity index (χ3n) is 6.68. The Morgan fingerprint density at radius 1 is 1.06 bits per heavy atom. The van der Waals surface area contributed by atoms with E-state index in [0.29, 0.717) is 22.4 Å². The Morgan fingerprint density at radius 2 is 1.89 bits per heavy atom. The highest BCUT2D eigenvalue weighted by Crippen LogP contribution is 2.29. The fourth-order valence-electron chi connectivity index (χ4n) is 4.88. The van der Waals surface area contributed by atoms with Crippen LogP contribution in [0.15, 0.2) is 72.0 Å². The Morgan fingerprint density at radius 3 is 2.72 bits per heavy atom. The number of pyridine rings is 1. The van der Waals surface area contributed by atoms with Crippen LogP contribution in [-0.4, -0.2) is 43.8 Å². The van der Waals surface area contributed by atoms with Gasteiger partial charge < -0.3 is 20.4 Å². The number of benzene rings is 2. The van der Waals surface area contributed by atoms with Gasteiger partial charge in [0, 0.05) is 36.3 Å². The molecule has 0 radical (unpaired) electrons. The molecule has 182 valence electrons. The number of rotatable bonds is 6. The molecule has 9 nitrogen and oxygen atoms in total. The van der Waals surface area contributed by atoms with Gasteiger partial charge in [0.15, 0.2) is 11.5 Å². The Hall–Kier alpha value is -4.24. The van der Waals surface area contributed by atoms with Crippen molar-refractivity contribution < 1.29 is 4.74 Å². The van der Waals surface area contributed by atoms with Gasteiger partial charge in [-0.05, 0) is 49.4 Å². The molecular formula is C27H27N7O2. The molecule has 3 aromatic heterocycles. The molecular weight excluding hydrogens is 454 g/mol. The van der Waals surface area contributed by atoms with Gasteiger partial charge in [-0.25, -0.2) is 15.0 Å². The topological polar surface area (TPSA) is 110 Å². The largest absolute Gasteiger partial charge is 0.381 e. The van der Waals surface area contributed by atoms with Crippen LogP contribution < -0.4 is 16.2 Å². The molecule has 5 aromatic rings. The quantitative estimate of drug-likeness (QED) is 0.329. The van der Waals surface area contributed by atoms with Crippen LogP contribution in [0.1, 0.15) is 31.5 Å². The lowest BCUT2D eigenvalue weighted by Crippen LogP contribution is -2.30. The minimum atomic E-state index is -0.246. The van der Waals surface area contributed by atoms with Crippen molar-refractivity contribution in [2.24, 2.45) is 0 Å². The van der Waals surface area contributed by atoms with E-state index in [-0.39, 0.29) is 17.6 Å². The number of anilines is 2. The molecule has 0 amide bonds. The van der Waals surface area contributed by atoms with Crippen molar-refractivity contribution in [2.75, 3.05) is 23.8 Å². The van der Waals surface area contributed by atoms with Gasteiger partial charge in [0.1, 0.15) is 11.8 Å². The third-order valence-corrected chi connectivity index (χ3v) is 6.68. The molecule has 0 saturated carbocycles. The number of aromatic amines is 1. The summed E-state index contributed by atoms with van der Waals surface area (Å²) in [4.78, 5) is 30.1. The zero-order valence-corrected chi connectivity index (χ0v) is 19.9. The predicted molar refractivity (Wildman–Crippen MR) is 141 cm³/mol. The van der Waals surface area contributed by atoms with Crippen LogP contribution >= 0.6 is 0 Å². The van der Waals surface area contributed by atoms with Gasteiger partial charge in [-0.1, -0.05) is 30.3 Å². The molecule has 9 heteroatoms. The average molecular weight is 482 g/mol. The van der Waals surface area contributed by atoms with Crippen molar-refractivity contribution in [1.29, 1.82) is 0 Å². The van der Waals surface area contributed by atoms with Gasteiger partial charge in [-0.2, -0.15) is 0 Å². The molecule has 1 fully saturated rings. The fourth-order valence-corrected chi connectivity index (χ4v) is 4.88. The van der Waals surface area contributed by atoms with E-state index in [1.165, 1.54) is 6.33 Å². The lowest BCUT2D eigenvalue weighted by Gasteiger charge is -2.26. The Labute approximate surface area is 207 Å². The molecule has 0 bridgehead atoms. The summed E-state index contributed by atoms with van der Waals surface area (Å²) in [6.45, 7) is 3.48. The SMILES string of the molecule is C[C@@H](Nc1ncnc2[nH]cnc12)c1cc2cccc(NC3CCOCC3)c2c(=O)n1-c1ccccc1. The number of hydrogen-bond donors (Lipinski definition) is 3. The maximum Gasteiger partial charge on any atom is 0.265 e. The summed E-state index contributed by atoms with van der Waals surface area (Å²) in [5.41, 5.74) is 3.73. The first-order valence-corrected chi connectivity index (χ1v) is 12.2. The zero-order chi connectivity index (χ0) is 24.5. The second-order valence-corrected chi connectivity index (χ2v) is 9.03. The number of fused-ring (bicyclic) bond motifs is 2. The van der Waals surface area contributed by atoms with E-state index in [9.17, 15) is 4.79 Å². The van der Waals surface area contributed by atoms with Crippen molar-refractivity contribution in [2.45, 2.75) is 31.8 Å². The molecule has 1 aliphatic rings.